The van der Waals surface area contributed by atoms with Crippen molar-refractivity contribution in [2.24, 2.45) is 0 Å². The van der Waals surface area contributed by atoms with Crippen LogP contribution in [0.4, 0.5) is 5.82 Å². The van der Waals surface area contributed by atoms with E-state index in [1.165, 1.54) is 20.2 Å². The summed E-state index contributed by atoms with van der Waals surface area (Å²) in [7, 11) is 0. The predicted octanol–water partition coefficient (Wildman–Crippen LogP) is 2.01. The van der Waals surface area contributed by atoms with Gasteiger partial charge in [-0.05, 0) is 12.5 Å². The summed E-state index contributed by atoms with van der Waals surface area (Å²) in [6.45, 7) is 4.72. The number of esters is 1. The van der Waals surface area contributed by atoms with Crippen molar-refractivity contribution in [3.63, 3.8) is 0 Å². The standard InChI is InChI=1S/C17H19N3O4/c1-4-24-17(23)15-16(20(12(2)21)13(3)22)19(11-18-15)10-14-8-6-5-7-9-14/h5-9,11H,4,10H2,1-3H3. The molecule has 2 rings (SSSR count). The van der Waals surface area contributed by atoms with Crippen LogP contribution in [-0.2, 0) is 20.9 Å². The lowest BCUT2D eigenvalue weighted by atomic mass is 10.2. The minimum absolute atomic E-state index is 0.0572. The second-order valence-electron chi connectivity index (χ2n) is 5.12. The Labute approximate surface area is 139 Å². The Hall–Kier alpha value is -2.96. The van der Waals surface area contributed by atoms with Gasteiger partial charge in [-0.2, -0.15) is 0 Å². The monoisotopic (exact) mass is 329 g/mol. The molecule has 1 aromatic carbocycles. The Morgan fingerprint density at radius 1 is 1.12 bits per heavy atom. The van der Waals surface area contributed by atoms with Gasteiger partial charge in [0.2, 0.25) is 11.8 Å². The Morgan fingerprint density at radius 3 is 2.29 bits per heavy atom. The second kappa shape index (κ2) is 7.54. The zero-order valence-corrected chi connectivity index (χ0v) is 13.9. The van der Waals surface area contributed by atoms with E-state index in [9.17, 15) is 14.4 Å². The highest BCUT2D eigenvalue weighted by molar-refractivity contribution is 6.15. The van der Waals surface area contributed by atoms with Crippen LogP contribution in [0.3, 0.4) is 0 Å². The van der Waals surface area contributed by atoms with Gasteiger partial charge in [-0.3, -0.25) is 9.59 Å². The maximum Gasteiger partial charge on any atom is 0.360 e. The van der Waals surface area contributed by atoms with Gasteiger partial charge in [-0.1, -0.05) is 30.3 Å². The highest BCUT2D eigenvalue weighted by Crippen LogP contribution is 2.23. The predicted molar refractivity (Wildman–Crippen MR) is 87.6 cm³/mol. The highest BCUT2D eigenvalue weighted by Gasteiger charge is 2.29. The number of carbonyl (C=O) groups is 3. The Kier molecular flexibility index (Phi) is 5.47. The number of rotatable bonds is 5. The highest BCUT2D eigenvalue weighted by atomic mass is 16.5. The lowest BCUT2D eigenvalue weighted by molar-refractivity contribution is -0.124. The smallest absolute Gasteiger partial charge is 0.360 e. The first-order valence-corrected chi connectivity index (χ1v) is 7.53. The second-order valence-corrected chi connectivity index (χ2v) is 5.12. The summed E-state index contributed by atoms with van der Waals surface area (Å²) >= 11 is 0. The molecule has 0 aliphatic carbocycles. The van der Waals surface area contributed by atoms with E-state index in [1.807, 2.05) is 30.3 Å². The van der Waals surface area contributed by atoms with Crippen molar-refractivity contribution in [1.29, 1.82) is 0 Å². The van der Waals surface area contributed by atoms with E-state index in [0.717, 1.165) is 10.5 Å². The molecular formula is C17H19N3O4. The molecule has 2 aromatic rings. The molecule has 0 aliphatic heterocycles. The Balaban J connectivity index is 2.52. The number of benzene rings is 1. The van der Waals surface area contributed by atoms with Crippen LogP contribution in [-0.4, -0.2) is 33.9 Å². The number of nitrogens with zero attached hydrogens (tertiary/aromatic N) is 3. The van der Waals surface area contributed by atoms with Gasteiger partial charge in [0.25, 0.3) is 0 Å². The fraction of sp³-hybridized carbons (Fsp3) is 0.294. The summed E-state index contributed by atoms with van der Waals surface area (Å²) in [4.78, 5) is 41.0. The summed E-state index contributed by atoms with van der Waals surface area (Å²) < 4.78 is 6.57. The molecule has 0 atom stereocenters. The minimum atomic E-state index is -0.674. The van der Waals surface area contributed by atoms with E-state index in [2.05, 4.69) is 4.98 Å². The van der Waals surface area contributed by atoms with Crippen molar-refractivity contribution < 1.29 is 19.1 Å². The van der Waals surface area contributed by atoms with Gasteiger partial charge >= 0.3 is 5.97 Å². The Morgan fingerprint density at radius 2 is 1.75 bits per heavy atom. The van der Waals surface area contributed by atoms with Crippen LogP contribution in [0.2, 0.25) is 0 Å². The molecule has 0 aliphatic rings. The molecule has 0 radical (unpaired) electrons. The number of amides is 2. The van der Waals surface area contributed by atoms with Crippen molar-refractivity contribution in [2.45, 2.75) is 27.3 Å². The van der Waals surface area contributed by atoms with Crippen molar-refractivity contribution in [3.8, 4) is 0 Å². The first kappa shape index (κ1) is 17.4. The lowest BCUT2D eigenvalue weighted by Gasteiger charge is -2.20. The quantitative estimate of drug-likeness (QED) is 0.784. The van der Waals surface area contributed by atoms with Crippen molar-refractivity contribution in [2.75, 3.05) is 11.5 Å². The van der Waals surface area contributed by atoms with Crippen molar-refractivity contribution >= 4 is 23.6 Å². The molecule has 7 nitrogen and oxygen atoms in total. The molecule has 0 bridgehead atoms. The van der Waals surface area contributed by atoms with Crippen LogP contribution in [0.1, 0.15) is 36.8 Å². The number of carbonyl (C=O) groups excluding carboxylic acids is 3. The van der Waals surface area contributed by atoms with Crippen LogP contribution in [0.15, 0.2) is 36.7 Å². The molecule has 1 heterocycles. The molecule has 1 aromatic heterocycles. The van der Waals surface area contributed by atoms with E-state index >= 15 is 0 Å². The third-order valence-corrected chi connectivity index (χ3v) is 3.32. The molecule has 126 valence electrons. The number of imide groups is 1. The normalized spacial score (nSPS) is 10.3. The molecule has 24 heavy (non-hydrogen) atoms. The van der Waals surface area contributed by atoms with Crippen LogP contribution >= 0.6 is 0 Å². The molecule has 2 amide bonds. The van der Waals surface area contributed by atoms with E-state index in [1.54, 1.807) is 11.5 Å². The topological polar surface area (TPSA) is 81.5 Å². The fourth-order valence-corrected chi connectivity index (χ4v) is 2.37. The number of imidazole rings is 1. The average Bonchev–Trinajstić information content (AvgIpc) is 2.91. The largest absolute Gasteiger partial charge is 0.461 e. The molecule has 0 saturated carbocycles. The zero-order chi connectivity index (χ0) is 17.7. The van der Waals surface area contributed by atoms with Gasteiger partial charge in [0.05, 0.1) is 19.5 Å². The molecule has 0 unspecified atom stereocenters. The van der Waals surface area contributed by atoms with Gasteiger partial charge in [0, 0.05) is 13.8 Å². The minimum Gasteiger partial charge on any atom is -0.461 e. The van der Waals surface area contributed by atoms with Crippen LogP contribution in [0.25, 0.3) is 0 Å². The SMILES string of the molecule is CCOC(=O)c1ncn(Cc2ccccc2)c1N(C(C)=O)C(C)=O. The van der Waals surface area contributed by atoms with Crippen LogP contribution < -0.4 is 4.90 Å². The lowest BCUT2D eigenvalue weighted by Crippen LogP contribution is -2.36. The average molecular weight is 329 g/mol. The fourth-order valence-electron chi connectivity index (χ4n) is 2.37. The molecule has 0 spiro atoms. The third-order valence-electron chi connectivity index (χ3n) is 3.32. The van der Waals surface area contributed by atoms with E-state index < -0.39 is 17.8 Å². The van der Waals surface area contributed by atoms with Crippen LogP contribution in [0, 0.1) is 0 Å². The number of aromatic nitrogens is 2. The van der Waals surface area contributed by atoms with Crippen molar-refractivity contribution in [3.05, 3.63) is 47.9 Å². The maximum atomic E-state index is 12.1. The van der Waals surface area contributed by atoms with E-state index in [0.29, 0.717) is 6.54 Å². The summed E-state index contributed by atoms with van der Waals surface area (Å²) in [6.07, 6.45) is 1.42. The van der Waals surface area contributed by atoms with Gasteiger partial charge in [-0.15, -0.1) is 0 Å². The molecule has 0 N–H and O–H groups in total. The molecule has 0 saturated heterocycles. The van der Waals surface area contributed by atoms with Gasteiger partial charge in [-0.25, -0.2) is 14.7 Å². The van der Waals surface area contributed by atoms with Crippen LogP contribution in [0.5, 0.6) is 0 Å². The maximum absolute atomic E-state index is 12.1. The van der Waals surface area contributed by atoms with E-state index in [4.69, 9.17) is 4.74 Å². The van der Waals surface area contributed by atoms with E-state index in [-0.39, 0.29) is 18.1 Å². The van der Waals surface area contributed by atoms with Gasteiger partial charge < -0.3 is 9.30 Å². The summed E-state index contributed by atoms with van der Waals surface area (Å²) in [5.41, 5.74) is 0.886. The number of hydrogen-bond acceptors (Lipinski definition) is 5. The number of ether oxygens (including phenoxy) is 1. The summed E-state index contributed by atoms with van der Waals surface area (Å²) in [5, 5.41) is 0. The van der Waals surface area contributed by atoms with Crippen molar-refractivity contribution in [1.82, 2.24) is 9.55 Å². The molecule has 0 fully saturated rings. The number of anilines is 1. The van der Waals surface area contributed by atoms with Gasteiger partial charge in [0.15, 0.2) is 11.5 Å². The first-order valence-electron chi connectivity index (χ1n) is 7.53. The molecular weight excluding hydrogens is 310 g/mol. The number of hydrogen-bond donors (Lipinski definition) is 0. The first-order chi connectivity index (χ1) is 11.5. The zero-order valence-electron chi connectivity index (χ0n) is 13.9. The third kappa shape index (κ3) is 3.68. The summed E-state index contributed by atoms with van der Waals surface area (Å²) in [5.74, 6) is -1.55. The molecule has 7 heteroatoms. The Bertz CT molecular complexity index is 738. The van der Waals surface area contributed by atoms with Gasteiger partial charge in [0.1, 0.15) is 0 Å². The summed E-state index contributed by atoms with van der Waals surface area (Å²) in [6, 6.07) is 9.46.